The van der Waals surface area contributed by atoms with Gasteiger partial charge in [0.15, 0.2) is 0 Å². The topological polar surface area (TPSA) is 59.8 Å². The van der Waals surface area contributed by atoms with Gasteiger partial charge in [-0.25, -0.2) is 15.0 Å². The molecule has 0 spiro atoms. The van der Waals surface area contributed by atoms with Crippen LogP contribution in [0.2, 0.25) is 0 Å². The van der Waals surface area contributed by atoms with Gasteiger partial charge in [-0.1, -0.05) is 68.3 Å². The number of methoxy groups -OCH3 is 2. The molecule has 0 saturated carbocycles. The second kappa shape index (κ2) is 11.8. The Morgan fingerprint density at radius 1 is 0.634 bits per heavy atom. The molecular formula is C33H26Br2N4O2. The lowest BCUT2D eigenvalue weighted by atomic mass is 9.98. The maximum absolute atomic E-state index is 5.42. The van der Waals surface area contributed by atoms with E-state index in [0.717, 1.165) is 59.8 Å². The van der Waals surface area contributed by atoms with E-state index in [1.54, 1.807) is 14.2 Å². The molecule has 4 aromatic carbocycles. The van der Waals surface area contributed by atoms with Crippen LogP contribution in [-0.4, -0.2) is 29.9 Å². The minimum atomic E-state index is -0.0940. The first kappa shape index (κ1) is 27.2. The van der Waals surface area contributed by atoms with Crippen LogP contribution in [0.1, 0.15) is 23.6 Å². The Balaban J connectivity index is 1.50. The zero-order chi connectivity index (χ0) is 28.3. The number of hydrazone groups is 1. The molecule has 6 nitrogen and oxygen atoms in total. The quantitative estimate of drug-likeness (QED) is 0.174. The predicted molar refractivity (Wildman–Crippen MR) is 171 cm³/mol. The molecule has 0 saturated heterocycles. The van der Waals surface area contributed by atoms with Crippen molar-refractivity contribution < 1.29 is 9.47 Å². The van der Waals surface area contributed by atoms with Crippen molar-refractivity contribution in [1.29, 1.82) is 0 Å². The maximum atomic E-state index is 5.42. The van der Waals surface area contributed by atoms with Crippen LogP contribution in [0.3, 0.4) is 0 Å². The molecule has 41 heavy (non-hydrogen) atoms. The van der Waals surface area contributed by atoms with Gasteiger partial charge < -0.3 is 9.47 Å². The van der Waals surface area contributed by atoms with Crippen LogP contribution < -0.4 is 14.5 Å². The lowest BCUT2D eigenvalue weighted by molar-refractivity contribution is 0.414. The summed E-state index contributed by atoms with van der Waals surface area (Å²) in [7, 11) is 3.34. The summed E-state index contributed by atoms with van der Waals surface area (Å²) in [5.74, 6) is 2.13. The number of nitrogens with zero attached hydrogens (tertiary/aromatic N) is 4. The molecule has 0 amide bonds. The fraction of sp³-hybridized carbons (Fsp3) is 0.121. The van der Waals surface area contributed by atoms with Crippen molar-refractivity contribution in [2.45, 2.75) is 12.5 Å². The Morgan fingerprint density at radius 2 is 1.10 bits per heavy atom. The summed E-state index contributed by atoms with van der Waals surface area (Å²) in [5, 5.41) is 7.07. The van der Waals surface area contributed by atoms with Gasteiger partial charge in [0.1, 0.15) is 11.5 Å². The molecule has 1 aliphatic heterocycles. The minimum absolute atomic E-state index is 0.0940. The molecule has 204 valence electrons. The number of halogens is 2. The largest absolute Gasteiger partial charge is 0.497 e. The number of hydrogen-bond acceptors (Lipinski definition) is 6. The number of hydrogen-bond donors (Lipinski definition) is 0. The first-order valence-corrected chi connectivity index (χ1v) is 14.7. The van der Waals surface area contributed by atoms with Crippen molar-refractivity contribution in [2.75, 3.05) is 19.2 Å². The molecule has 0 bridgehead atoms. The van der Waals surface area contributed by atoms with Gasteiger partial charge in [-0.3, -0.25) is 0 Å². The standard InChI is InChI=1S/C33H26Br2N4O2/c1-40-27-15-7-22(8-16-27)30-19-29(21-3-11-25(34)12-4-21)36-33(37-30)39-32(24-9-17-28(41-2)18-10-24)20-31(38-39)23-5-13-26(35)14-6-23/h3-19,32H,20H2,1-2H3. The molecule has 1 aromatic heterocycles. The zero-order valence-corrected chi connectivity index (χ0v) is 25.6. The summed E-state index contributed by atoms with van der Waals surface area (Å²) in [5.41, 5.74) is 6.71. The van der Waals surface area contributed by atoms with Crippen molar-refractivity contribution in [1.82, 2.24) is 9.97 Å². The van der Waals surface area contributed by atoms with Crippen LogP contribution in [0, 0.1) is 0 Å². The fourth-order valence-electron chi connectivity index (χ4n) is 4.81. The van der Waals surface area contributed by atoms with Crippen LogP contribution in [-0.2, 0) is 0 Å². The molecule has 0 radical (unpaired) electrons. The number of ether oxygens (including phenoxy) is 2. The molecule has 2 heterocycles. The number of aromatic nitrogens is 2. The summed E-state index contributed by atoms with van der Waals surface area (Å²) < 4.78 is 12.8. The van der Waals surface area contributed by atoms with E-state index in [1.165, 1.54) is 0 Å². The Bertz CT molecular complexity index is 1690. The van der Waals surface area contributed by atoms with Crippen molar-refractivity contribution in [3.63, 3.8) is 0 Å². The number of anilines is 1. The van der Waals surface area contributed by atoms with Gasteiger partial charge in [-0.2, -0.15) is 5.10 Å². The monoisotopic (exact) mass is 668 g/mol. The van der Waals surface area contributed by atoms with Crippen LogP contribution in [0.4, 0.5) is 5.95 Å². The van der Waals surface area contributed by atoms with E-state index in [-0.39, 0.29) is 6.04 Å². The fourth-order valence-corrected chi connectivity index (χ4v) is 5.34. The molecule has 1 unspecified atom stereocenters. The van der Waals surface area contributed by atoms with Gasteiger partial charge in [0.25, 0.3) is 0 Å². The Morgan fingerprint density at radius 3 is 1.61 bits per heavy atom. The summed E-state index contributed by atoms with van der Waals surface area (Å²) in [4.78, 5) is 10.1. The molecular weight excluding hydrogens is 644 g/mol. The molecule has 0 N–H and O–H groups in total. The maximum Gasteiger partial charge on any atom is 0.247 e. The normalized spacial score (nSPS) is 14.6. The van der Waals surface area contributed by atoms with E-state index in [1.807, 2.05) is 71.7 Å². The Hall–Kier alpha value is -4.01. The molecule has 1 atom stereocenters. The van der Waals surface area contributed by atoms with Crippen molar-refractivity contribution in [3.8, 4) is 34.0 Å². The highest BCUT2D eigenvalue weighted by atomic mass is 79.9. The Kier molecular flexibility index (Phi) is 7.85. The van der Waals surface area contributed by atoms with Gasteiger partial charge in [-0.05, 0) is 77.9 Å². The average molecular weight is 670 g/mol. The van der Waals surface area contributed by atoms with Crippen LogP contribution in [0.5, 0.6) is 11.5 Å². The Labute approximate surface area is 256 Å². The van der Waals surface area contributed by atoms with Crippen molar-refractivity contribution >= 4 is 43.5 Å². The second-order valence-corrected chi connectivity index (χ2v) is 11.4. The van der Waals surface area contributed by atoms with Crippen LogP contribution in [0.15, 0.2) is 117 Å². The highest BCUT2D eigenvalue weighted by Crippen LogP contribution is 2.38. The molecule has 0 aliphatic carbocycles. The van der Waals surface area contributed by atoms with E-state index >= 15 is 0 Å². The summed E-state index contributed by atoms with van der Waals surface area (Å²) in [6.45, 7) is 0. The molecule has 1 aliphatic rings. The molecule has 6 rings (SSSR count). The van der Waals surface area contributed by atoms with E-state index in [0.29, 0.717) is 12.4 Å². The summed E-state index contributed by atoms with van der Waals surface area (Å²) in [6, 6.07) is 34.3. The van der Waals surface area contributed by atoms with Crippen molar-refractivity contribution in [2.24, 2.45) is 5.10 Å². The van der Waals surface area contributed by atoms with Gasteiger partial charge in [0.05, 0.1) is 37.4 Å². The van der Waals surface area contributed by atoms with E-state index in [4.69, 9.17) is 24.5 Å². The van der Waals surface area contributed by atoms with Crippen LogP contribution >= 0.6 is 31.9 Å². The van der Waals surface area contributed by atoms with Crippen molar-refractivity contribution in [3.05, 3.63) is 123 Å². The van der Waals surface area contributed by atoms with Gasteiger partial charge in [-0.15, -0.1) is 0 Å². The lowest BCUT2D eigenvalue weighted by Crippen LogP contribution is -2.21. The smallest absolute Gasteiger partial charge is 0.247 e. The number of rotatable bonds is 7. The van der Waals surface area contributed by atoms with Gasteiger partial charge in [0.2, 0.25) is 5.95 Å². The lowest BCUT2D eigenvalue weighted by Gasteiger charge is -2.23. The van der Waals surface area contributed by atoms with E-state index in [9.17, 15) is 0 Å². The third-order valence-electron chi connectivity index (χ3n) is 7.03. The van der Waals surface area contributed by atoms with Gasteiger partial charge >= 0.3 is 0 Å². The second-order valence-electron chi connectivity index (χ2n) is 9.57. The summed E-state index contributed by atoms with van der Waals surface area (Å²) in [6.07, 6.45) is 0.706. The SMILES string of the molecule is COc1ccc(-c2cc(-c3ccc(Br)cc3)nc(N3N=C(c4ccc(Br)cc4)CC3c3ccc(OC)cc3)n2)cc1. The number of benzene rings is 4. The van der Waals surface area contributed by atoms with E-state index in [2.05, 4.69) is 68.3 Å². The molecule has 8 heteroatoms. The third kappa shape index (κ3) is 5.89. The molecule has 0 fully saturated rings. The first-order chi connectivity index (χ1) is 20.0. The zero-order valence-electron chi connectivity index (χ0n) is 22.5. The minimum Gasteiger partial charge on any atom is -0.497 e. The highest BCUT2D eigenvalue weighted by molar-refractivity contribution is 9.10. The summed E-state index contributed by atoms with van der Waals surface area (Å²) >= 11 is 7.09. The van der Waals surface area contributed by atoms with Gasteiger partial charge in [0, 0.05) is 26.5 Å². The first-order valence-electron chi connectivity index (χ1n) is 13.1. The molecule has 5 aromatic rings. The predicted octanol–water partition coefficient (Wildman–Crippen LogP) is 8.71. The third-order valence-corrected chi connectivity index (χ3v) is 8.09. The van der Waals surface area contributed by atoms with E-state index < -0.39 is 0 Å². The van der Waals surface area contributed by atoms with Crippen LogP contribution in [0.25, 0.3) is 22.5 Å². The highest BCUT2D eigenvalue weighted by Gasteiger charge is 2.32. The average Bonchev–Trinajstić information content (AvgIpc) is 3.47.